The maximum absolute atomic E-state index is 11.5. The van der Waals surface area contributed by atoms with E-state index in [9.17, 15) is 8.42 Å². The number of nitrogens with zero attached hydrogens (tertiary/aromatic N) is 1. The quantitative estimate of drug-likeness (QED) is 0.782. The number of hydrogen-bond donors (Lipinski definition) is 2. The molecular formula is C14H23N3O3S. The molecule has 0 amide bonds. The van der Waals surface area contributed by atoms with Gasteiger partial charge in [0, 0.05) is 31.9 Å². The molecule has 118 valence electrons. The van der Waals surface area contributed by atoms with Crippen molar-refractivity contribution in [3.8, 4) is 0 Å². The summed E-state index contributed by atoms with van der Waals surface area (Å²) in [4.78, 5) is 2.58. The number of ether oxygens (including phenoxy) is 1. The molecule has 6 nitrogen and oxygen atoms in total. The van der Waals surface area contributed by atoms with E-state index in [-0.39, 0.29) is 10.9 Å². The molecule has 0 bridgehead atoms. The van der Waals surface area contributed by atoms with Gasteiger partial charge in [0.15, 0.2) is 9.84 Å². The summed E-state index contributed by atoms with van der Waals surface area (Å²) in [7, 11) is -3.22. The average molecular weight is 313 g/mol. The Kier molecular flexibility index (Phi) is 5.08. The van der Waals surface area contributed by atoms with Crippen molar-refractivity contribution < 1.29 is 13.2 Å². The summed E-state index contributed by atoms with van der Waals surface area (Å²) in [6, 6.07) is 5.02. The van der Waals surface area contributed by atoms with Crippen LogP contribution in [0, 0.1) is 0 Å². The summed E-state index contributed by atoms with van der Waals surface area (Å²) in [6.45, 7) is 6.41. The van der Waals surface area contributed by atoms with Gasteiger partial charge >= 0.3 is 0 Å². The van der Waals surface area contributed by atoms with Crippen LogP contribution in [0.5, 0.6) is 0 Å². The summed E-state index contributed by atoms with van der Waals surface area (Å²) in [6.07, 6.45) is 1.18. The smallest absolute Gasteiger partial charge is 0.175 e. The number of hydrogen-bond acceptors (Lipinski definition) is 6. The van der Waals surface area contributed by atoms with Crippen molar-refractivity contribution in [3.05, 3.63) is 18.2 Å². The van der Waals surface area contributed by atoms with Crippen LogP contribution < -0.4 is 11.1 Å². The number of sulfone groups is 1. The molecule has 1 heterocycles. The van der Waals surface area contributed by atoms with Gasteiger partial charge in [-0.05, 0) is 25.1 Å². The molecule has 3 N–H and O–H groups in total. The molecule has 0 aliphatic carbocycles. The highest BCUT2D eigenvalue weighted by molar-refractivity contribution is 7.90. The molecule has 7 heteroatoms. The lowest BCUT2D eigenvalue weighted by molar-refractivity contribution is 0.0368. The Labute approximate surface area is 126 Å². The molecule has 0 radical (unpaired) electrons. The van der Waals surface area contributed by atoms with Crippen molar-refractivity contribution in [2.45, 2.75) is 17.9 Å². The van der Waals surface area contributed by atoms with E-state index in [1.54, 1.807) is 12.1 Å². The highest BCUT2D eigenvalue weighted by Crippen LogP contribution is 2.23. The van der Waals surface area contributed by atoms with Gasteiger partial charge in [-0.1, -0.05) is 0 Å². The third-order valence-corrected chi connectivity index (χ3v) is 4.60. The fourth-order valence-corrected chi connectivity index (χ4v) is 3.04. The third kappa shape index (κ3) is 4.59. The SMILES string of the molecule is CC(CN1CCOCC1)Nc1ccc(S(C)(=O)=O)cc1N. The minimum atomic E-state index is -3.22. The minimum Gasteiger partial charge on any atom is -0.397 e. The van der Waals surface area contributed by atoms with E-state index in [0.29, 0.717) is 5.69 Å². The molecule has 1 unspecified atom stereocenters. The standard InChI is InChI=1S/C14H23N3O3S/c1-11(10-17-5-7-20-8-6-17)16-14-4-3-12(9-13(14)15)21(2,18)19/h3-4,9,11,16H,5-8,10,15H2,1-2H3. The van der Waals surface area contributed by atoms with Gasteiger partial charge < -0.3 is 15.8 Å². The zero-order valence-electron chi connectivity index (χ0n) is 12.5. The number of nitrogens with one attached hydrogen (secondary N) is 1. The Morgan fingerprint density at radius 2 is 2.05 bits per heavy atom. The van der Waals surface area contributed by atoms with Crippen LogP contribution in [0.15, 0.2) is 23.1 Å². The van der Waals surface area contributed by atoms with Gasteiger partial charge in [0.25, 0.3) is 0 Å². The Balaban J connectivity index is 1.98. The second-order valence-electron chi connectivity index (χ2n) is 5.48. The lowest BCUT2D eigenvalue weighted by atomic mass is 10.2. The molecular weight excluding hydrogens is 290 g/mol. The zero-order chi connectivity index (χ0) is 15.5. The van der Waals surface area contributed by atoms with Gasteiger partial charge in [-0.15, -0.1) is 0 Å². The third-order valence-electron chi connectivity index (χ3n) is 3.49. The van der Waals surface area contributed by atoms with E-state index in [4.69, 9.17) is 10.5 Å². The zero-order valence-corrected chi connectivity index (χ0v) is 13.3. The van der Waals surface area contributed by atoms with E-state index < -0.39 is 9.84 Å². The van der Waals surface area contributed by atoms with Crippen LogP contribution in [0.3, 0.4) is 0 Å². The van der Waals surface area contributed by atoms with Gasteiger partial charge in [-0.25, -0.2) is 8.42 Å². The lowest BCUT2D eigenvalue weighted by Crippen LogP contribution is -2.42. The molecule has 0 spiro atoms. The Morgan fingerprint density at radius 1 is 1.38 bits per heavy atom. The topological polar surface area (TPSA) is 84.7 Å². The van der Waals surface area contributed by atoms with Crippen LogP contribution in [0.4, 0.5) is 11.4 Å². The molecule has 1 saturated heterocycles. The predicted octanol–water partition coefficient (Wildman–Crippen LogP) is 0.805. The van der Waals surface area contributed by atoms with Crippen molar-refractivity contribution in [1.29, 1.82) is 0 Å². The molecule has 1 fully saturated rings. The number of anilines is 2. The van der Waals surface area contributed by atoms with Gasteiger partial charge in [-0.2, -0.15) is 0 Å². The van der Waals surface area contributed by atoms with E-state index >= 15 is 0 Å². The monoisotopic (exact) mass is 313 g/mol. The first-order chi connectivity index (χ1) is 9.86. The predicted molar refractivity (Wildman–Crippen MR) is 84.3 cm³/mol. The molecule has 1 aromatic rings. The molecule has 2 rings (SSSR count). The normalized spacial score (nSPS) is 18.4. The first kappa shape index (κ1) is 16.1. The van der Waals surface area contributed by atoms with E-state index in [1.807, 2.05) is 0 Å². The van der Waals surface area contributed by atoms with Gasteiger partial charge in [0.2, 0.25) is 0 Å². The van der Waals surface area contributed by atoms with Crippen LogP contribution in [0.1, 0.15) is 6.92 Å². The second kappa shape index (κ2) is 6.64. The van der Waals surface area contributed by atoms with Crippen LogP contribution in [-0.4, -0.2) is 58.5 Å². The van der Waals surface area contributed by atoms with Gasteiger partial charge in [0.05, 0.1) is 29.5 Å². The number of nitrogens with two attached hydrogens (primary N) is 1. The van der Waals surface area contributed by atoms with Crippen molar-refractivity contribution in [2.75, 3.05) is 50.2 Å². The molecule has 1 aliphatic rings. The van der Waals surface area contributed by atoms with Crippen LogP contribution in [0.2, 0.25) is 0 Å². The van der Waals surface area contributed by atoms with Crippen LogP contribution in [-0.2, 0) is 14.6 Å². The van der Waals surface area contributed by atoms with Gasteiger partial charge in [-0.3, -0.25) is 4.90 Å². The minimum absolute atomic E-state index is 0.217. The van der Waals surface area contributed by atoms with Crippen molar-refractivity contribution in [3.63, 3.8) is 0 Å². The van der Waals surface area contributed by atoms with E-state index in [2.05, 4.69) is 17.1 Å². The molecule has 1 aliphatic heterocycles. The maximum atomic E-state index is 11.5. The summed E-state index contributed by atoms with van der Waals surface area (Å²) in [5, 5.41) is 3.33. The number of benzene rings is 1. The first-order valence-corrected chi connectivity index (χ1v) is 8.91. The molecule has 1 aromatic carbocycles. The number of rotatable bonds is 5. The Hall–Kier alpha value is -1.31. The summed E-state index contributed by atoms with van der Waals surface area (Å²) in [5.41, 5.74) is 7.16. The molecule has 0 saturated carbocycles. The fourth-order valence-electron chi connectivity index (χ4n) is 2.39. The Morgan fingerprint density at radius 3 is 2.62 bits per heavy atom. The van der Waals surface area contributed by atoms with E-state index in [0.717, 1.165) is 38.5 Å². The first-order valence-electron chi connectivity index (χ1n) is 7.02. The fraction of sp³-hybridized carbons (Fsp3) is 0.571. The van der Waals surface area contributed by atoms with Crippen molar-refractivity contribution >= 4 is 21.2 Å². The number of nitrogen functional groups attached to an aromatic ring is 1. The maximum Gasteiger partial charge on any atom is 0.175 e. The van der Waals surface area contributed by atoms with Crippen molar-refractivity contribution in [2.24, 2.45) is 0 Å². The largest absolute Gasteiger partial charge is 0.397 e. The molecule has 0 aromatic heterocycles. The second-order valence-corrected chi connectivity index (χ2v) is 7.50. The summed E-state index contributed by atoms with van der Waals surface area (Å²) >= 11 is 0. The average Bonchev–Trinajstić information content (AvgIpc) is 2.41. The van der Waals surface area contributed by atoms with E-state index in [1.165, 1.54) is 12.3 Å². The Bertz CT molecular complexity index is 583. The molecule has 1 atom stereocenters. The van der Waals surface area contributed by atoms with Crippen LogP contribution >= 0.6 is 0 Å². The summed E-state index contributed by atoms with van der Waals surface area (Å²) in [5.74, 6) is 0. The highest BCUT2D eigenvalue weighted by Gasteiger charge is 2.15. The molecule has 21 heavy (non-hydrogen) atoms. The lowest BCUT2D eigenvalue weighted by Gasteiger charge is -2.30. The summed E-state index contributed by atoms with van der Waals surface area (Å²) < 4.78 is 28.3. The number of morpholine rings is 1. The van der Waals surface area contributed by atoms with Crippen molar-refractivity contribution in [1.82, 2.24) is 4.90 Å². The highest BCUT2D eigenvalue weighted by atomic mass is 32.2. The van der Waals surface area contributed by atoms with Crippen LogP contribution in [0.25, 0.3) is 0 Å². The van der Waals surface area contributed by atoms with Gasteiger partial charge in [0.1, 0.15) is 0 Å².